The molecule has 3 aromatic rings. The number of nitrogens with one attached hydrogen (secondary N) is 2. The minimum absolute atomic E-state index is 0.226. The van der Waals surface area contributed by atoms with Gasteiger partial charge in [0, 0.05) is 34.1 Å². The summed E-state index contributed by atoms with van der Waals surface area (Å²) in [5.74, 6) is -0.0428. The molecule has 2 aromatic carbocycles. The van der Waals surface area contributed by atoms with Crippen molar-refractivity contribution in [2.24, 2.45) is 0 Å². The van der Waals surface area contributed by atoms with Gasteiger partial charge in [0.05, 0.1) is 12.7 Å². The molecular formula is C20H18ClFN2O2. The number of fused-ring (bicyclic) bond motifs is 1. The molecule has 1 fully saturated rings. The Morgan fingerprint density at radius 2 is 2.15 bits per heavy atom. The second-order valence-electron chi connectivity index (χ2n) is 6.67. The summed E-state index contributed by atoms with van der Waals surface area (Å²) in [6, 6.07) is 9.91. The van der Waals surface area contributed by atoms with Gasteiger partial charge in [-0.15, -0.1) is 0 Å². The largest absolute Gasteiger partial charge is 0.496 e. The van der Waals surface area contributed by atoms with Crippen LogP contribution < -0.4 is 10.1 Å². The number of aromatic nitrogens is 1. The quantitative estimate of drug-likeness (QED) is 0.696. The minimum atomic E-state index is -0.240. The number of hydrogen-bond donors (Lipinski definition) is 2. The molecule has 4 nitrogen and oxygen atoms in total. The Bertz CT molecular complexity index is 995. The third-order valence-electron chi connectivity index (χ3n) is 5.08. The van der Waals surface area contributed by atoms with Crippen LogP contribution in [0.15, 0.2) is 42.6 Å². The van der Waals surface area contributed by atoms with Gasteiger partial charge in [0.15, 0.2) is 0 Å². The Labute approximate surface area is 155 Å². The summed E-state index contributed by atoms with van der Waals surface area (Å²) in [7, 11) is 1.50. The molecule has 4 rings (SSSR count). The van der Waals surface area contributed by atoms with Crippen LogP contribution in [-0.2, 0) is 5.41 Å². The first kappa shape index (κ1) is 16.9. The summed E-state index contributed by atoms with van der Waals surface area (Å²) in [5, 5.41) is 4.09. The van der Waals surface area contributed by atoms with Crippen LogP contribution in [0.3, 0.4) is 0 Å². The third kappa shape index (κ3) is 2.82. The lowest BCUT2D eigenvalue weighted by Gasteiger charge is -2.17. The second kappa shape index (κ2) is 6.32. The van der Waals surface area contributed by atoms with E-state index in [1.54, 1.807) is 24.3 Å². The highest BCUT2D eigenvalue weighted by molar-refractivity contribution is 6.30. The zero-order chi connectivity index (χ0) is 18.3. The molecule has 1 aromatic heterocycles. The molecule has 0 saturated heterocycles. The van der Waals surface area contributed by atoms with Gasteiger partial charge in [-0.2, -0.15) is 0 Å². The van der Waals surface area contributed by atoms with Crippen molar-refractivity contribution in [1.29, 1.82) is 0 Å². The maximum absolute atomic E-state index is 14.3. The van der Waals surface area contributed by atoms with Crippen molar-refractivity contribution in [2.45, 2.75) is 18.3 Å². The van der Waals surface area contributed by atoms with Gasteiger partial charge >= 0.3 is 0 Å². The van der Waals surface area contributed by atoms with Crippen LogP contribution in [0.25, 0.3) is 10.9 Å². The Hall–Kier alpha value is -2.53. The SMILES string of the molecule is COc1cc(Cl)ccc1C(=O)NCC1(c2c[nH]c3cccc(F)c23)CC1. The van der Waals surface area contributed by atoms with Crippen LogP contribution in [0.1, 0.15) is 28.8 Å². The zero-order valence-corrected chi connectivity index (χ0v) is 15.0. The molecule has 0 unspecified atom stereocenters. The summed E-state index contributed by atoms with van der Waals surface area (Å²) in [6.07, 6.45) is 3.68. The molecule has 1 aliphatic carbocycles. The summed E-state index contributed by atoms with van der Waals surface area (Å²) in [5.41, 5.74) is 1.90. The van der Waals surface area contributed by atoms with E-state index in [9.17, 15) is 9.18 Å². The number of carbonyl (C=O) groups is 1. The first-order chi connectivity index (χ1) is 12.5. The van der Waals surface area contributed by atoms with Gasteiger partial charge in [-0.05, 0) is 48.7 Å². The van der Waals surface area contributed by atoms with E-state index in [0.29, 0.717) is 28.3 Å². The van der Waals surface area contributed by atoms with Crippen LogP contribution in [0, 0.1) is 5.82 Å². The van der Waals surface area contributed by atoms with E-state index in [-0.39, 0.29) is 17.1 Å². The molecule has 1 amide bonds. The normalized spacial score (nSPS) is 15.0. The van der Waals surface area contributed by atoms with E-state index in [1.165, 1.54) is 13.2 Å². The second-order valence-corrected chi connectivity index (χ2v) is 7.11. The molecule has 1 saturated carbocycles. The van der Waals surface area contributed by atoms with Crippen LogP contribution in [0.5, 0.6) is 5.75 Å². The average Bonchev–Trinajstić information content (AvgIpc) is 3.30. The average molecular weight is 373 g/mol. The number of ether oxygens (including phenoxy) is 1. The van der Waals surface area contributed by atoms with Gasteiger partial charge in [0.1, 0.15) is 11.6 Å². The van der Waals surface area contributed by atoms with Crippen molar-refractivity contribution >= 4 is 28.4 Å². The Morgan fingerprint density at radius 1 is 1.35 bits per heavy atom. The van der Waals surface area contributed by atoms with Crippen molar-refractivity contribution in [1.82, 2.24) is 10.3 Å². The molecule has 26 heavy (non-hydrogen) atoms. The molecule has 0 bridgehead atoms. The Balaban J connectivity index is 1.57. The van der Waals surface area contributed by atoms with Gasteiger partial charge in [-0.1, -0.05) is 17.7 Å². The highest BCUT2D eigenvalue weighted by atomic mass is 35.5. The van der Waals surface area contributed by atoms with E-state index in [0.717, 1.165) is 23.9 Å². The van der Waals surface area contributed by atoms with Gasteiger partial charge in [-0.25, -0.2) is 4.39 Å². The molecule has 1 aliphatic rings. The van der Waals surface area contributed by atoms with Gasteiger partial charge < -0.3 is 15.0 Å². The number of aromatic amines is 1. The molecule has 134 valence electrons. The van der Waals surface area contributed by atoms with Crippen molar-refractivity contribution < 1.29 is 13.9 Å². The summed E-state index contributed by atoms with van der Waals surface area (Å²) in [6.45, 7) is 0.443. The fraction of sp³-hybridized carbons (Fsp3) is 0.250. The van der Waals surface area contributed by atoms with Crippen LogP contribution in [-0.4, -0.2) is 24.5 Å². The maximum atomic E-state index is 14.3. The molecule has 0 atom stereocenters. The molecular weight excluding hydrogens is 355 g/mol. The topological polar surface area (TPSA) is 54.1 Å². The van der Waals surface area contributed by atoms with E-state index in [4.69, 9.17) is 16.3 Å². The first-order valence-electron chi connectivity index (χ1n) is 8.42. The fourth-order valence-corrected chi connectivity index (χ4v) is 3.61. The number of benzene rings is 2. The zero-order valence-electron chi connectivity index (χ0n) is 14.2. The standard InChI is InChI=1S/C20H18ClFN2O2/c1-26-17-9-12(21)5-6-13(17)19(25)24-11-20(7-8-20)14-10-23-16-4-2-3-15(22)18(14)16/h2-6,9-10,23H,7-8,11H2,1H3,(H,24,25). The number of rotatable bonds is 5. The monoisotopic (exact) mass is 372 g/mol. The summed E-state index contributed by atoms with van der Waals surface area (Å²) < 4.78 is 19.5. The number of methoxy groups -OCH3 is 1. The number of hydrogen-bond acceptors (Lipinski definition) is 2. The van der Waals surface area contributed by atoms with Crippen molar-refractivity contribution in [2.75, 3.05) is 13.7 Å². The molecule has 1 heterocycles. The minimum Gasteiger partial charge on any atom is -0.496 e. The van der Waals surface area contributed by atoms with Crippen LogP contribution in [0.4, 0.5) is 4.39 Å². The summed E-state index contributed by atoms with van der Waals surface area (Å²) in [4.78, 5) is 15.7. The molecule has 2 N–H and O–H groups in total. The van der Waals surface area contributed by atoms with E-state index >= 15 is 0 Å². The smallest absolute Gasteiger partial charge is 0.255 e. The Kier molecular flexibility index (Phi) is 4.11. The molecule has 0 aliphatic heterocycles. The lowest BCUT2D eigenvalue weighted by atomic mass is 9.95. The van der Waals surface area contributed by atoms with Gasteiger partial charge in [-0.3, -0.25) is 4.79 Å². The summed E-state index contributed by atoms with van der Waals surface area (Å²) >= 11 is 5.95. The lowest BCUT2D eigenvalue weighted by molar-refractivity contribution is 0.0946. The van der Waals surface area contributed by atoms with Crippen LogP contribution >= 0.6 is 11.6 Å². The highest BCUT2D eigenvalue weighted by Crippen LogP contribution is 2.50. The number of carbonyl (C=O) groups excluding carboxylic acids is 1. The van der Waals surface area contributed by atoms with E-state index < -0.39 is 0 Å². The van der Waals surface area contributed by atoms with Gasteiger partial charge in [0.2, 0.25) is 0 Å². The predicted octanol–water partition coefficient (Wildman–Crippen LogP) is 4.43. The van der Waals surface area contributed by atoms with Crippen LogP contribution in [0.2, 0.25) is 5.02 Å². The predicted molar refractivity (Wildman–Crippen MR) is 99.5 cm³/mol. The molecule has 0 spiro atoms. The molecule has 6 heteroatoms. The Morgan fingerprint density at radius 3 is 2.88 bits per heavy atom. The fourth-order valence-electron chi connectivity index (χ4n) is 3.45. The van der Waals surface area contributed by atoms with Crippen molar-refractivity contribution in [3.63, 3.8) is 0 Å². The van der Waals surface area contributed by atoms with E-state index in [1.807, 2.05) is 12.3 Å². The molecule has 0 radical (unpaired) electrons. The highest BCUT2D eigenvalue weighted by Gasteiger charge is 2.46. The van der Waals surface area contributed by atoms with Crippen molar-refractivity contribution in [3.05, 3.63) is 64.6 Å². The third-order valence-corrected chi connectivity index (χ3v) is 5.31. The maximum Gasteiger partial charge on any atom is 0.255 e. The number of amides is 1. The van der Waals surface area contributed by atoms with Crippen molar-refractivity contribution in [3.8, 4) is 5.75 Å². The lowest BCUT2D eigenvalue weighted by Crippen LogP contribution is -2.32. The van der Waals surface area contributed by atoms with E-state index in [2.05, 4.69) is 10.3 Å². The number of halogens is 2. The number of H-pyrrole nitrogens is 1. The first-order valence-corrected chi connectivity index (χ1v) is 8.80. The van der Waals surface area contributed by atoms with Gasteiger partial charge in [0.25, 0.3) is 5.91 Å².